The summed E-state index contributed by atoms with van der Waals surface area (Å²) in [5.74, 6) is 0. The summed E-state index contributed by atoms with van der Waals surface area (Å²) in [7, 11) is 0.540. The van der Waals surface area contributed by atoms with Crippen LogP contribution in [0.4, 0.5) is 16.2 Å². The molecule has 11 heteroatoms. The van der Waals surface area contributed by atoms with E-state index in [1.54, 1.807) is 6.33 Å². The van der Waals surface area contributed by atoms with Gasteiger partial charge in [-0.3, -0.25) is 8.87 Å². The molecule has 0 saturated carbocycles. The number of fused-ring (bicyclic) bond motifs is 2. The van der Waals surface area contributed by atoms with Gasteiger partial charge in [0.2, 0.25) is 10.0 Å². The number of urea groups is 1. The number of carbonyl (C=O) groups excluding carboxylic acids is 1. The summed E-state index contributed by atoms with van der Waals surface area (Å²) in [5, 5.41) is 5.67. The molecule has 0 unspecified atom stereocenters. The molecule has 198 valence electrons. The second-order valence-electron chi connectivity index (χ2n) is 9.67. The maximum Gasteiger partial charge on any atom is 0.319 e. The monoisotopic (exact) mass is 533 g/mol. The molecular formula is C27H31N7O3S. The largest absolute Gasteiger partial charge is 0.337 e. The van der Waals surface area contributed by atoms with E-state index in [1.165, 1.54) is 10.6 Å². The average Bonchev–Trinajstić information content (AvgIpc) is 3.31. The van der Waals surface area contributed by atoms with Crippen LogP contribution < -0.4 is 14.9 Å². The summed E-state index contributed by atoms with van der Waals surface area (Å²) in [5.41, 5.74) is 6.28. The Labute approximate surface area is 222 Å². The molecule has 3 heterocycles. The van der Waals surface area contributed by atoms with Gasteiger partial charge < -0.3 is 15.5 Å². The van der Waals surface area contributed by atoms with Crippen molar-refractivity contribution in [1.82, 2.24) is 24.8 Å². The van der Waals surface area contributed by atoms with Crippen LogP contribution in [-0.4, -0.2) is 73.9 Å². The Kier molecular flexibility index (Phi) is 7.04. The third-order valence-corrected chi connectivity index (χ3v) is 7.68. The zero-order chi connectivity index (χ0) is 26.9. The molecule has 0 atom stereocenters. The molecule has 2 aromatic heterocycles. The second-order valence-corrected chi connectivity index (χ2v) is 11.6. The van der Waals surface area contributed by atoms with E-state index in [0.29, 0.717) is 30.1 Å². The van der Waals surface area contributed by atoms with Crippen molar-refractivity contribution >= 4 is 38.6 Å². The minimum Gasteiger partial charge on any atom is -0.337 e. The van der Waals surface area contributed by atoms with Gasteiger partial charge in [-0.05, 0) is 68.9 Å². The van der Waals surface area contributed by atoms with Crippen LogP contribution in [0.5, 0.6) is 0 Å². The number of likely N-dealkylation sites (N-methyl/N-ethyl adjacent to an activating group) is 1. The molecule has 38 heavy (non-hydrogen) atoms. The van der Waals surface area contributed by atoms with Crippen LogP contribution in [-0.2, 0) is 16.4 Å². The summed E-state index contributed by atoms with van der Waals surface area (Å²) in [6.45, 7) is 1.80. The Morgan fingerprint density at radius 3 is 2.61 bits per heavy atom. The van der Waals surface area contributed by atoms with Crippen LogP contribution in [0.25, 0.3) is 28.1 Å². The van der Waals surface area contributed by atoms with Crippen LogP contribution in [0.3, 0.4) is 0 Å². The van der Waals surface area contributed by atoms with Crippen molar-refractivity contribution in [2.45, 2.75) is 12.8 Å². The molecule has 5 rings (SSSR count). The first kappa shape index (κ1) is 25.7. The zero-order valence-electron chi connectivity index (χ0n) is 21.7. The Bertz CT molecular complexity index is 1580. The van der Waals surface area contributed by atoms with Crippen molar-refractivity contribution in [1.29, 1.82) is 0 Å². The van der Waals surface area contributed by atoms with Crippen molar-refractivity contribution in [2.75, 3.05) is 49.6 Å². The quantitative estimate of drug-likeness (QED) is 0.376. The first-order valence-electron chi connectivity index (χ1n) is 12.4. The number of aryl methyl sites for hydroxylation is 1. The lowest BCUT2D eigenvalue weighted by Gasteiger charge is -2.29. The number of carbonyl (C=O) groups is 1. The van der Waals surface area contributed by atoms with Crippen LogP contribution in [0.2, 0.25) is 0 Å². The number of anilines is 2. The van der Waals surface area contributed by atoms with E-state index in [1.807, 2.05) is 78.2 Å². The number of pyridine rings is 1. The highest BCUT2D eigenvalue weighted by molar-refractivity contribution is 7.92. The molecule has 0 bridgehead atoms. The van der Waals surface area contributed by atoms with Crippen molar-refractivity contribution < 1.29 is 13.2 Å². The number of rotatable bonds is 7. The van der Waals surface area contributed by atoms with E-state index >= 15 is 0 Å². The van der Waals surface area contributed by atoms with Crippen LogP contribution in [0, 0.1) is 0 Å². The highest BCUT2D eigenvalue weighted by Crippen LogP contribution is 2.32. The molecular weight excluding hydrogens is 502 g/mol. The van der Waals surface area contributed by atoms with Crippen molar-refractivity contribution in [3.63, 3.8) is 0 Å². The fourth-order valence-corrected chi connectivity index (χ4v) is 5.55. The lowest BCUT2D eigenvalue weighted by Crippen LogP contribution is -2.34. The van der Waals surface area contributed by atoms with Gasteiger partial charge in [-0.15, -0.1) is 0 Å². The number of amides is 2. The molecule has 0 aliphatic carbocycles. The van der Waals surface area contributed by atoms with E-state index in [-0.39, 0.29) is 6.03 Å². The number of hydrogen-bond acceptors (Lipinski definition) is 6. The van der Waals surface area contributed by atoms with E-state index in [9.17, 15) is 13.2 Å². The standard InChI is InChI=1S/C27H31N7O3S/c1-32(2)16-14-28-27(35)30-21-9-6-19(7-10-21)23-12-13-24-26(31-23)33(18-29-24)22-11-8-20-5-4-15-34(25(20)17-22)38(3,36)37/h6-13,17-18H,4-5,14-16H2,1-3H3,(H2,28,30,35). The Morgan fingerprint density at radius 1 is 1.08 bits per heavy atom. The number of nitrogens with one attached hydrogen (secondary N) is 2. The van der Waals surface area contributed by atoms with E-state index in [4.69, 9.17) is 4.98 Å². The van der Waals surface area contributed by atoms with Crippen molar-refractivity contribution in [3.8, 4) is 16.9 Å². The fourth-order valence-electron chi connectivity index (χ4n) is 4.56. The Hall–Kier alpha value is -3.96. The van der Waals surface area contributed by atoms with E-state index < -0.39 is 10.0 Å². The molecule has 0 radical (unpaired) electrons. The summed E-state index contributed by atoms with van der Waals surface area (Å²) in [4.78, 5) is 23.5. The third-order valence-electron chi connectivity index (χ3n) is 6.50. The lowest BCUT2D eigenvalue weighted by molar-refractivity contribution is 0.250. The smallest absolute Gasteiger partial charge is 0.319 e. The number of imidazole rings is 1. The third kappa shape index (κ3) is 5.48. The first-order valence-corrected chi connectivity index (χ1v) is 14.3. The molecule has 2 N–H and O–H groups in total. The van der Waals surface area contributed by atoms with Gasteiger partial charge in [0.15, 0.2) is 5.65 Å². The normalized spacial score (nSPS) is 13.5. The molecule has 10 nitrogen and oxygen atoms in total. The second kappa shape index (κ2) is 10.4. The van der Waals surface area contributed by atoms with Crippen molar-refractivity contribution in [3.05, 3.63) is 66.5 Å². The first-order chi connectivity index (χ1) is 18.2. The summed E-state index contributed by atoms with van der Waals surface area (Å²) in [6, 6.07) is 16.9. The van der Waals surface area contributed by atoms with Crippen LogP contribution in [0.1, 0.15) is 12.0 Å². The fraction of sp³-hybridized carbons (Fsp3) is 0.296. The molecule has 1 aliphatic rings. The molecule has 4 aromatic rings. The maximum atomic E-state index is 12.4. The topological polar surface area (TPSA) is 112 Å². The Morgan fingerprint density at radius 2 is 1.87 bits per heavy atom. The van der Waals surface area contributed by atoms with Gasteiger partial charge in [0.05, 0.1) is 23.3 Å². The summed E-state index contributed by atoms with van der Waals surface area (Å²) >= 11 is 0. The molecule has 0 fully saturated rings. The van der Waals surface area contributed by atoms with Gasteiger partial charge >= 0.3 is 6.03 Å². The predicted molar refractivity (Wildman–Crippen MR) is 150 cm³/mol. The van der Waals surface area contributed by atoms with E-state index in [2.05, 4.69) is 15.6 Å². The van der Waals surface area contributed by atoms with E-state index in [0.717, 1.165) is 47.4 Å². The number of sulfonamides is 1. The average molecular weight is 534 g/mol. The number of benzene rings is 2. The molecule has 2 amide bonds. The molecule has 2 aromatic carbocycles. The summed E-state index contributed by atoms with van der Waals surface area (Å²) in [6.07, 6.45) is 4.59. The maximum absolute atomic E-state index is 12.4. The lowest BCUT2D eigenvalue weighted by atomic mass is 10.0. The minimum absolute atomic E-state index is 0.248. The highest BCUT2D eigenvalue weighted by Gasteiger charge is 2.24. The van der Waals surface area contributed by atoms with Gasteiger partial charge in [-0.25, -0.2) is 23.2 Å². The number of hydrogen-bond donors (Lipinski definition) is 2. The van der Waals surface area contributed by atoms with Crippen molar-refractivity contribution in [2.24, 2.45) is 0 Å². The van der Waals surface area contributed by atoms with Gasteiger partial charge in [0, 0.05) is 30.9 Å². The van der Waals surface area contributed by atoms with Gasteiger partial charge in [0.25, 0.3) is 0 Å². The SMILES string of the molecule is CN(C)CCNC(=O)Nc1ccc(-c2ccc3ncn(-c4ccc5c(c4)N(S(C)(=O)=O)CCC5)c3n2)cc1. The van der Waals surface area contributed by atoms with Gasteiger partial charge in [0.1, 0.15) is 11.8 Å². The Balaban J connectivity index is 1.40. The van der Waals surface area contributed by atoms with Crippen LogP contribution >= 0.6 is 0 Å². The molecule has 0 saturated heterocycles. The van der Waals surface area contributed by atoms with Gasteiger partial charge in [-0.2, -0.15) is 0 Å². The molecule has 1 aliphatic heterocycles. The van der Waals surface area contributed by atoms with Gasteiger partial charge in [-0.1, -0.05) is 18.2 Å². The predicted octanol–water partition coefficient (Wildman–Crippen LogP) is 3.48. The highest BCUT2D eigenvalue weighted by atomic mass is 32.2. The number of nitrogens with zero attached hydrogens (tertiary/aromatic N) is 5. The summed E-state index contributed by atoms with van der Waals surface area (Å²) < 4.78 is 28.1. The van der Waals surface area contributed by atoms with Crippen LogP contribution in [0.15, 0.2) is 60.9 Å². The molecule has 0 spiro atoms. The number of aromatic nitrogens is 3. The zero-order valence-corrected chi connectivity index (χ0v) is 22.5. The minimum atomic E-state index is -3.37.